The van der Waals surface area contributed by atoms with E-state index in [4.69, 9.17) is 27.6 Å². The van der Waals surface area contributed by atoms with Gasteiger partial charge in [0.1, 0.15) is 5.82 Å². The second-order valence-electron chi connectivity index (χ2n) is 3.96. The van der Waals surface area contributed by atoms with Crippen molar-refractivity contribution in [3.8, 4) is 0 Å². The van der Waals surface area contributed by atoms with Gasteiger partial charge in [-0.3, -0.25) is 4.79 Å². The van der Waals surface area contributed by atoms with E-state index in [1.54, 1.807) is 13.0 Å². The smallest absolute Gasteiger partial charge is 0.287 e. The van der Waals surface area contributed by atoms with E-state index in [0.29, 0.717) is 10.6 Å². The van der Waals surface area contributed by atoms with Crippen molar-refractivity contribution in [1.29, 1.82) is 0 Å². The Balaban J connectivity index is 2.18. The van der Waals surface area contributed by atoms with Crippen molar-refractivity contribution >= 4 is 29.1 Å². The molecule has 0 aliphatic rings. The molecule has 2 rings (SSSR count). The lowest BCUT2D eigenvalue weighted by Crippen LogP contribution is -2.26. The van der Waals surface area contributed by atoms with Crippen LogP contribution < -0.4 is 5.32 Å². The molecule has 6 heteroatoms. The Labute approximate surface area is 119 Å². The Bertz CT molecular complexity index is 599. The number of furan rings is 1. The summed E-state index contributed by atoms with van der Waals surface area (Å²) in [7, 11) is 0. The molecule has 0 fully saturated rings. The summed E-state index contributed by atoms with van der Waals surface area (Å²) < 4.78 is 18.4. The van der Waals surface area contributed by atoms with Crippen LogP contribution in [-0.2, 0) is 0 Å². The second-order valence-corrected chi connectivity index (χ2v) is 4.77. The lowest BCUT2D eigenvalue weighted by atomic mass is 10.1. The fourth-order valence-electron chi connectivity index (χ4n) is 1.62. The van der Waals surface area contributed by atoms with Gasteiger partial charge in [-0.25, -0.2) is 4.39 Å². The predicted molar refractivity (Wildman–Crippen MR) is 71.0 cm³/mol. The summed E-state index contributed by atoms with van der Waals surface area (Å²) in [6.07, 6.45) is 1.40. The maximum absolute atomic E-state index is 13.4. The van der Waals surface area contributed by atoms with Crippen molar-refractivity contribution in [2.24, 2.45) is 0 Å². The predicted octanol–water partition coefficient (Wildman–Crippen LogP) is 4.22. The molecule has 2 aromatic rings. The van der Waals surface area contributed by atoms with E-state index < -0.39 is 17.8 Å². The molecule has 0 saturated heterocycles. The Kier molecular flexibility index (Phi) is 4.12. The lowest BCUT2D eigenvalue weighted by Gasteiger charge is -2.15. The number of nitrogens with one attached hydrogen (secondary N) is 1. The van der Waals surface area contributed by atoms with Crippen LogP contribution in [0.25, 0.3) is 0 Å². The summed E-state index contributed by atoms with van der Waals surface area (Å²) in [6, 6.07) is 5.18. The maximum Gasteiger partial charge on any atom is 0.287 e. The van der Waals surface area contributed by atoms with E-state index in [2.05, 4.69) is 5.32 Å². The Morgan fingerprint density at radius 3 is 2.74 bits per heavy atom. The van der Waals surface area contributed by atoms with Gasteiger partial charge in [0.05, 0.1) is 17.3 Å². The summed E-state index contributed by atoms with van der Waals surface area (Å²) in [5.41, 5.74) is 0.448. The quantitative estimate of drug-likeness (QED) is 0.863. The molecule has 1 atom stereocenters. The molecule has 0 saturated carbocycles. The van der Waals surface area contributed by atoms with Crippen LogP contribution in [0.2, 0.25) is 10.0 Å². The van der Waals surface area contributed by atoms with Crippen molar-refractivity contribution in [3.63, 3.8) is 0 Å². The van der Waals surface area contributed by atoms with Crippen molar-refractivity contribution in [3.05, 3.63) is 57.7 Å². The highest BCUT2D eigenvalue weighted by molar-refractivity contribution is 6.35. The van der Waals surface area contributed by atoms with E-state index in [0.717, 1.165) is 0 Å². The molecule has 0 bridgehead atoms. The second kappa shape index (κ2) is 5.63. The van der Waals surface area contributed by atoms with E-state index >= 15 is 0 Å². The van der Waals surface area contributed by atoms with Crippen LogP contribution >= 0.6 is 23.2 Å². The SMILES string of the molecule is CC(NC(=O)c1ccco1)c1cc(F)c(Cl)cc1Cl. The first kappa shape index (κ1) is 13.9. The molecule has 1 N–H and O–H groups in total. The average Bonchev–Trinajstić information content (AvgIpc) is 2.87. The van der Waals surface area contributed by atoms with Gasteiger partial charge in [-0.15, -0.1) is 0 Å². The molecule has 0 spiro atoms. The van der Waals surface area contributed by atoms with Crippen LogP contribution in [0.3, 0.4) is 0 Å². The third kappa shape index (κ3) is 3.08. The highest BCUT2D eigenvalue weighted by Gasteiger charge is 2.17. The fourth-order valence-corrected chi connectivity index (χ4v) is 2.17. The zero-order chi connectivity index (χ0) is 14.0. The lowest BCUT2D eigenvalue weighted by molar-refractivity contribution is 0.0912. The van der Waals surface area contributed by atoms with Crippen LogP contribution in [0, 0.1) is 5.82 Å². The molecular formula is C13H10Cl2FNO2. The van der Waals surface area contributed by atoms with Crippen LogP contribution in [0.4, 0.5) is 4.39 Å². The fraction of sp³-hybridized carbons (Fsp3) is 0.154. The van der Waals surface area contributed by atoms with Gasteiger partial charge >= 0.3 is 0 Å². The number of carbonyl (C=O) groups excluding carboxylic acids is 1. The average molecular weight is 302 g/mol. The number of halogens is 3. The monoisotopic (exact) mass is 301 g/mol. The van der Waals surface area contributed by atoms with Gasteiger partial charge in [-0.2, -0.15) is 0 Å². The van der Waals surface area contributed by atoms with Gasteiger partial charge in [0.2, 0.25) is 0 Å². The van der Waals surface area contributed by atoms with Crippen molar-refractivity contribution in [2.75, 3.05) is 0 Å². The Hall–Kier alpha value is -1.52. The first-order chi connectivity index (χ1) is 8.99. The number of benzene rings is 1. The largest absolute Gasteiger partial charge is 0.459 e. The highest BCUT2D eigenvalue weighted by Crippen LogP contribution is 2.28. The minimum atomic E-state index is -0.583. The third-order valence-corrected chi connectivity index (χ3v) is 3.22. The highest BCUT2D eigenvalue weighted by atomic mass is 35.5. The number of rotatable bonds is 3. The third-order valence-electron chi connectivity index (χ3n) is 2.60. The number of amides is 1. The van der Waals surface area contributed by atoms with Crippen molar-refractivity contribution in [1.82, 2.24) is 5.32 Å². The summed E-state index contributed by atoms with van der Waals surface area (Å²) in [5.74, 6) is -0.804. The number of hydrogen-bond donors (Lipinski definition) is 1. The molecule has 0 aliphatic heterocycles. The van der Waals surface area contributed by atoms with E-state index in [9.17, 15) is 9.18 Å². The summed E-state index contributed by atoms with van der Waals surface area (Å²) >= 11 is 11.6. The van der Waals surface area contributed by atoms with E-state index in [1.165, 1.54) is 24.5 Å². The first-order valence-electron chi connectivity index (χ1n) is 5.48. The molecule has 1 aromatic heterocycles. The maximum atomic E-state index is 13.4. The molecule has 0 aliphatic carbocycles. The van der Waals surface area contributed by atoms with Crippen LogP contribution in [-0.4, -0.2) is 5.91 Å². The molecule has 1 aromatic carbocycles. The summed E-state index contributed by atoms with van der Waals surface area (Å²) in [5, 5.41) is 2.89. The zero-order valence-electron chi connectivity index (χ0n) is 9.91. The molecule has 1 amide bonds. The molecule has 3 nitrogen and oxygen atoms in total. The standard InChI is InChI=1S/C13H10Cl2FNO2/c1-7(17-13(18)12-3-2-4-19-12)8-5-11(16)10(15)6-9(8)14/h2-7H,1H3,(H,17,18). The molecule has 19 heavy (non-hydrogen) atoms. The summed E-state index contributed by atoms with van der Waals surface area (Å²) in [4.78, 5) is 11.8. The van der Waals surface area contributed by atoms with Crippen LogP contribution in [0.5, 0.6) is 0 Å². The van der Waals surface area contributed by atoms with E-state index in [1.807, 2.05) is 0 Å². The van der Waals surface area contributed by atoms with Gasteiger partial charge in [0.15, 0.2) is 5.76 Å². The van der Waals surface area contributed by atoms with Gasteiger partial charge < -0.3 is 9.73 Å². The number of hydrogen-bond acceptors (Lipinski definition) is 2. The first-order valence-corrected chi connectivity index (χ1v) is 6.23. The minimum Gasteiger partial charge on any atom is -0.459 e. The van der Waals surface area contributed by atoms with Gasteiger partial charge in [-0.05, 0) is 36.8 Å². The van der Waals surface area contributed by atoms with Crippen molar-refractivity contribution < 1.29 is 13.6 Å². The van der Waals surface area contributed by atoms with Crippen LogP contribution in [0.15, 0.2) is 34.9 Å². The minimum absolute atomic E-state index is 0.0571. The van der Waals surface area contributed by atoms with Crippen molar-refractivity contribution in [2.45, 2.75) is 13.0 Å². The molecule has 100 valence electrons. The topological polar surface area (TPSA) is 42.2 Å². The van der Waals surface area contributed by atoms with E-state index in [-0.39, 0.29) is 10.8 Å². The van der Waals surface area contributed by atoms with Gasteiger partial charge in [0.25, 0.3) is 5.91 Å². The van der Waals surface area contributed by atoms with Gasteiger partial charge in [-0.1, -0.05) is 23.2 Å². The van der Waals surface area contributed by atoms with Gasteiger partial charge in [0, 0.05) is 5.02 Å². The Morgan fingerprint density at radius 1 is 1.37 bits per heavy atom. The molecule has 1 heterocycles. The zero-order valence-corrected chi connectivity index (χ0v) is 11.4. The Morgan fingerprint density at radius 2 is 2.11 bits per heavy atom. The number of carbonyl (C=O) groups is 1. The molecule has 0 radical (unpaired) electrons. The molecule has 1 unspecified atom stereocenters. The summed E-state index contributed by atoms with van der Waals surface area (Å²) in [6.45, 7) is 1.69. The molecular weight excluding hydrogens is 292 g/mol. The van der Waals surface area contributed by atoms with Crippen LogP contribution in [0.1, 0.15) is 29.1 Å². The normalized spacial score (nSPS) is 12.2.